The van der Waals surface area contributed by atoms with Crippen molar-refractivity contribution in [3.8, 4) is 0 Å². The molecule has 0 aliphatic carbocycles. The van der Waals surface area contributed by atoms with Crippen LogP contribution in [0.2, 0.25) is 0 Å². The van der Waals surface area contributed by atoms with Gasteiger partial charge < -0.3 is 5.32 Å². The van der Waals surface area contributed by atoms with Crippen LogP contribution in [0.1, 0.15) is 12.0 Å². The minimum absolute atomic E-state index is 0.211. The van der Waals surface area contributed by atoms with E-state index in [4.69, 9.17) is 0 Å². The minimum atomic E-state index is -0.426. The van der Waals surface area contributed by atoms with Gasteiger partial charge in [-0.05, 0) is 18.4 Å². The maximum atomic E-state index is 11.8. The average Bonchev–Trinajstić information content (AvgIpc) is 2.47. The van der Waals surface area contributed by atoms with Gasteiger partial charge in [0.1, 0.15) is 0 Å². The Balaban J connectivity index is 1.95. The molecule has 6 heteroatoms. The molecule has 1 N–H and O–H groups in total. The molecule has 0 saturated heterocycles. The van der Waals surface area contributed by atoms with Crippen LogP contribution in [-0.2, 0) is 20.5 Å². The summed E-state index contributed by atoms with van der Waals surface area (Å²) in [6.45, 7) is 0.634. The number of aromatic nitrogens is 3. The summed E-state index contributed by atoms with van der Waals surface area (Å²) in [5, 5.41) is 6.93. The highest BCUT2D eigenvalue weighted by molar-refractivity contribution is 5.29. The Morgan fingerprint density at radius 1 is 1.15 bits per heavy atom. The van der Waals surface area contributed by atoms with Crippen molar-refractivity contribution in [3.05, 3.63) is 56.7 Å². The fourth-order valence-electron chi connectivity index (χ4n) is 1.95. The molecule has 0 amide bonds. The van der Waals surface area contributed by atoms with Crippen LogP contribution in [0.15, 0.2) is 39.9 Å². The largest absolute Gasteiger partial charge is 0.364 e. The Hall–Kier alpha value is -2.37. The molecular formula is C14H18N4O2. The van der Waals surface area contributed by atoms with Gasteiger partial charge in [0.2, 0.25) is 5.82 Å². The first kappa shape index (κ1) is 14.0. The second kappa shape index (κ2) is 6.18. The van der Waals surface area contributed by atoms with Crippen molar-refractivity contribution in [1.82, 2.24) is 14.3 Å². The molecule has 0 atom stereocenters. The summed E-state index contributed by atoms with van der Waals surface area (Å²) < 4.78 is 2.20. The molecule has 1 heterocycles. The van der Waals surface area contributed by atoms with Crippen molar-refractivity contribution in [2.75, 3.05) is 11.9 Å². The molecule has 0 unspecified atom stereocenters. The first-order valence-corrected chi connectivity index (χ1v) is 6.51. The zero-order valence-corrected chi connectivity index (χ0v) is 11.7. The average molecular weight is 274 g/mol. The molecule has 1 aromatic heterocycles. The summed E-state index contributed by atoms with van der Waals surface area (Å²) in [7, 11) is 2.97. The van der Waals surface area contributed by atoms with Crippen LogP contribution in [0.5, 0.6) is 0 Å². The molecule has 6 nitrogen and oxygen atoms in total. The van der Waals surface area contributed by atoms with Gasteiger partial charge in [0.05, 0.1) is 0 Å². The van der Waals surface area contributed by atoms with Crippen LogP contribution in [0.4, 0.5) is 5.82 Å². The van der Waals surface area contributed by atoms with Gasteiger partial charge in [-0.25, -0.2) is 9.48 Å². The van der Waals surface area contributed by atoms with Crippen LogP contribution in [0, 0.1) is 0 Å². The molecule has 0 aliphatic rings. The van der Waals surface area contributed by atoms with Crippen molar-refractivity contribution in [2.45, 2.75) is 12.8 Å². The molecule has 0 aliphatic heterocycles. The molecule has 0 bridgehead atoms. The van der Waals surface area contributed by atoms with Crippen molar-refractivity contribution in [2.24, 2.45) is 14.1 Å². The van der Waals surface area contributed by atoms with Gasteiger partial charge in [-0.2, -0.15) is 0 Å². The van der Waals surface area contributed by atoms with Crippen LogP contribution in [-0.4, -0.2) is 20.9 Å². The summed E-state index contributed by atoms with van der Waals surface area (Å²) in [5.41, 5.74) is 0.438. The third-order valence-electron chi connectivity index (χ3n) is 3.10. The van der Waals surface area contributed by atoms with Crippen molar-refractivity contribution >= 4 is 5.82 Å². The van der Waals surface area contributed by atoms with E-state index in [0.717, 1.165) is 22.1 Å². The number of aryl methyl sites for hydroxylation is 2. The lowest BCUT2D eigenvalue weighted by atomic mass is 10.1. The van der Waals surface area contributed by atoms with Crippen molar-refractivity contribution in [3.63, 3.8) is 0 Å². The van der Waals surface area contributed by atoms with Gasteiger partial charge in [0.25, 0.3) is 5.56 Å². The fraction of sp³-hybridized carbons (Fsp3) is 0.357. The Labute approximate surface area is 116 Å². The van der Waals surface area contributed by atoms with E-state index in [1.807, 2.05) is 18.2 Å². The maximum absolute atomic E-state index is 11.8. The van der Waals surface area contributed by atoms with E-state index in [1.165, 1.54) is 19.7 Å². The highest BCUT2D eigenvalue weighted by Crippen LogP contribution is 2.02. The topological polar surface area (TPSA) is 68.9 Å². The van der Waals surface area contributed by atoms with Gasteiger partial charge >= 0.3 is 5.69 Å². The Kier molecular flexibility index (Phi) is 4.34. The molecule has 0 fully saturated rings. The maximum Gasteiger partial charge on any atom is 0.346 e. The first-order chi connectivity index (χ1) is 9.59. The molecule has 1 aromatic carbocycles. The highest BCUT2D eigenvalue weighted by Gasteiger charge is 2.07. The van der Waals surface area contributed by atoms with Crippen LogP contribution in [0.25, 0.3) is 0 Å². The number of hydrogen-bond acceptors (Lipinski definition) is 4. The van der Waals surface area contributed by atoms with Gasteiger partial charge in [0, 0.05) is 20.6 Å². The molecule has 0 radical (unpaired) electrons. The standard InChI is InChI=1S/C14H18N4O2/c1-17-13(19)12(16-18(2)14(17)20)15-10-6-9-11-7-4-3-5-8-11/h3-5,7-8H,6,9-10H2,1-2H3,(H,15,16). The molecule has 2 aromatic rings. The summed E-state index contributed by atoms with van der Waals surface area (Å²) in [6.07, 6.45) is 1.82. The van der Waals surface area contributed by atoms with Crippen molar-refractivity contribution < 1.29 is 0 Å². The third-order valence-corrected chi connectivity index (χ3v) is 3.10. The lowest BCUT2D eigenvalue weighted by Gasteiger charge is -2.07. The van der Waals surface area contributed by atoms with E-state index >= 15 is 0 Å². The minimum Gasteiger partial charge on any atom is -0.364 e. The summed E-state index contributed by atoms with van der Waals surface area (Å²) in [6, 6.07) is 10.1. The lowest BCUT2D eigenvalue weighted by Crippen LogP contribution is -2.40. The second-order valence-corrected chi connectivity index (χ2v) is 4.63. The monoisotopic (exact) mass is 274 g/mol. The Morgan fingerprint density at radius 2 is 1.85 bits per heavy atom. The zero-order valence-electron chi connectivity index (χ0n) is 11.7. The van der Waals surface area contributed by atoms with E-state index in [-0.39, 0.29) is 5.82 Å². The van der Waals surface area contributed by atoms with E-state index in [1.54, 1.807) is 0 Å². The van der Waals surface area contributed by atoms with Crippen molar-refractivity contribution in [1.29, 1.82) is 0 Å². The number of rotatable bonds is 5. The molecule has 0 spiro atoms. The summed E-state index contributed by atoms with van der Waals surface area (Å²) in [4.78, 5) is 23.3. The number of benzene rings is 1. The lowest BCUT2D eigenvalue weighted by molar-refractivity contribution is 0.603. The predicted octanol–water partition coefficient (Wildman–Crippen LogP) is 0.524. The fourth-order valence-corrected chi connectivity index (χ4v) is 1.95. The van der Waals surface area contributed by atoms with Gasteiger partial charge in [-0.1, -0.05) is 30.3 Å². The van der Waals surface area contributed by atoms with Crippen LogP contribution in [0.3, 0.4) is 0 Å². The molecule has 20 heavy (non-hydrogen) atoms. The SMILES string of the molecule is Cn1nc(NCCCc2ccccc2)c(=O)n(C)c1=O. The summed E-state index contributed by atoms with van der Waals surface area (Å²) in [5.74, 6) is 0.211. The quantitative estimate of drug-likeness (QED) is 0.807. The number of anilines is 1. The van der Waals surface area contributed by atoms with E-state index in [2.05, 4.69) is 22.5 Å². The molecular weight excluding hydrogens is 256 g/mol. The Bertz CT molecular complexity index is 689. The molecule has 0 saturated carbocycles. The third kappa shape index (κ3) is 3.14. The second-order valence-electron chi connectivity index (χ2n) is 4.63. The normalized spacial score (nSPS) is 10.5. The van der Waals surface area contributed by atoms with Gasteiger partial charge in [-0.3, -0.25) is 9.36 Å². The highest BCUT2D eigenvalue weighted by atomic mass is 16.2. The number of nitrogens with zero attached hydrogens (tertiary/aromatic N) is 3. The van der Waals surface area contributed by atoms with E-state index < -0.39 is 11.2 Å². The Morgan fingerprint density at radius 3 is 2.55 bits per heavy atom. The smallest absolute Gasteiger partial charge is 0.346 e. The predicted molar refractivity (Wildman–Crippen MR) is 78.0 cm³/mol. The first-order valence-electron chi connectivity index (χ1n) is 6.51. The van der Waals surface area contributed by atoms with Crippen LogP contribution >= 0.6 is 0 Å². The van der Waals surface area contributed by atoms with Gasteiger partial charge in [-0.15, -0.1) is 5.10 Å². The van der Waals surface area contributed by atoms with E-state index in [0.29, 0.717) is 6.54 Å². The zero-order chi connectivity index (χ0) is 14.5. The molecule has 106 valence electrons. The number of hydrogen-bond donors (Lipinski definition) is 1. The number of nitrogens with one attached hydrogen (secondary N) is 1. The molecule has 2 rings (SSSR count). The van der Waals surface area contributed by atoms with Crippen LogP contribution < -0.4 is 16.6 Å². The summed E-state index contributed by atoms with van der Waals surface area (Å²) >= 11 is 0. The van der Waals surface area contributed by atoms with Gasteiger partial charge in [0.15, 0.2) is 0 Å². The van der Waals surface area contributed by atoms with E-state index in [9.17, 15) is 9.59 Å².